The highest BCUT2D eigenvalue weighted by Gasteiger charge is 2.55. The summed E-state index contributed by atoms with van der Waals surface area (Å²) in [5, 5.41) is 9.61. The van der Waals surface area contributed by atoms with E-state index in [1.165, 1.54) is 14.2 Å². The minimum absolute atomic E-state index is 0.0551. The Kier molecular flexibility index (Phi) is 5.26. The summed E-state index contributed by atoms with van der Waals surface area (Å²) in [5.41, 5.74) is 0.645. The second-order valence-corrected chi connectivity index (χ2v) is 5.31. The smallest absolute Gasteiger partial charge is 0.314 e. The molecule has 0 unspecified atom stereocenters. The standard InChI is InChI=1S/C16H22O6/c1-4-11-7-12(21-9-19-2)14(13(8-11)22-10-20-3)16(5-6-16)15(17)18/h7-8H,4-6,9-10H2,1-3H3,(H,17,18). The zero-order chi connectivity index (χ0) is 16.2. The number of aliphatic carboxylic acids is 1. The van der Waals surface area contributed by atoms with E-state index >= 15 is 0 Å². The molecule has 1 saturated carbocycles. The lowest BCUT2D eigenvalue weighted by molar-refractivity contribution is -0.140. The first-order valence-corrected chi connectivity index (χ1v) is 7.23. The van der Waals surface area contributed by atoms with Gasteiger partial charge in [0.1, 0.15) is 16.9 Å². The molecule has 1 aromatic rings. The van der Waals surface area contributed by atoms with Crippen LogP contribution in [0.5, 0.6) is 11.5 Å². The maximum Gasteiger partial charge on any atom is 0.314 e. The van der Waals surface area contributed by atoms with Crippen molar-refractivity contribution in [1.29, 1.82) is 0 Å². The fourth-order valence-electron chi connectivity index (χ4n) is 2.49. The summed E-state index contributed by atoms with van der Waals surface area (Å²) in [5.74, 6) is 0.153. The molecule has 2 rings (SSSR count). The van der Waals surface area contributed by atoms with E-state index in [1.807, 2.05) is 19.1 Å². The summed E-state index contributed by atoms with van der Waals surface area (Å²) in [6.07, 6.45) is 1.92. The first kappa shape index (κ1) is 16.6. The molecular formula is C16H22O6. The summed E-state index contributed by atoms with van der Waals surface area (Å²) < 4.78 is 21.1. The number of hydrogen-bond acceptors (Lipinski definition) is 5. The number of rotatable bonds is 9. The molecule has 1 N–H and O–H groups in total. The lowest BCUT2D eigenvalue weighted by atomic mass is 9.92. The number of methoxy groups -OCH3 is 2. The molecule has 122 valence electrons. The van der Waals surface area contributed by atoms with Crippen molar-refractivity contribution < 1.29 is 28.8 Å². The predicted octanol–water partition coefficient (Wildman–Crippen LogP) is 2.33. The van der Waals surface area contributed by atoms with E-state index in [9.17, 15) is 9.90 Å². The van der Waals surface area contributed by atoms with E-state index in [0.29, 0.717) is 29.9 Å². The topological polar surface area (TPSA) is 74.2 Å². The second-order valence-electron chi connectivity index (χ2n) is 5.31. The Morgan fingerprint density at radius 1 is 1.14 bits per heavy atom. The van der Waals surface area contributed by atoms with Crippen molar-refractivity contribution in [3.05, 3.63) is 23.3 Å². The number of carboxylic acid groups (broad SMARTS) is 1. The van der Waals surface area contributed by atoms with Gasteiger partial charge in [-0.1, -0.05) is 6.92 Å². The van der Waals surface area contributed by atoms with Gasteiger partial charge in [-0.15, -0.1) is 0 Å². The molecule has 22 heavy (non-hydrogen) atoms. The largest absolute Gasteiger partial charge is 0.481 e. The van der Waals surface area contributed by atoms with Crippen LogP contribution in [0.1, 0.15) is 30.9 Å². The van der Waals surface area contributed by atoms with Gasteiger partial charge in [-0.2, -0.15) is 0 Å². The number of carboxylic acids is 1. The van der Waals surface area contributed by atoms with Crippen molar-refractivity contribution in [3.8, 4) is 11.5 Å². The molecule has 1 aromatic carbocycles. The third-order valence-corrected chi connectivity index (χ3v) is 3.84. The molecular weight excluding hydrogens is 288 g/mol. The molecule has 0 spiro atoms. The van der Waals surface area contributed by atoms with Gasteiger partial charge in [0.2, 0.25) is 0 Å². The van der Waals surface area contributed by atoms with Crippen LogP contribution in [0.15, 0.2) is 12.1 Å². The lowest BCUT2D eigenvalue weighted by Crippen LogP contribution is -2.22. The Labute approximate surface area is 129 Å². The Bertz CT molecular complexity index is 506. The Balaban J connectivity index is 2.51. The van der Waals surface area contributed by atoms with Gasteiger partial charge in [-0.3, -0.25) is 4.79 Å². The van der Waals surface area contributed by atoms with E-state index in [-0.39, 0.29) is 13.6 Å². The summed E-state index contributed by atoms with van der Waals surface area (Å²) in [7, 11) is 3.05. The summed E-state index contributed by atoms with van der Waals surface area (Å²) in [4.78, 5) is 11.7. The molecule has 0 atom stereocenters. The number of hydrogen-bond donors (Lipinski definition) is 1. The Morgan fingerprint density at radius 3 is 1.95 bits per heavy atom. The zero-order valence-electron chi connectivity index (χ0n) is 13.2. The third kappa shape index (κ3) is 3.18. The van der Waals surface area contributed by atoms with Crippen LogP contribution < -0.4 is 9.47 Å². The third-order valence-electron chi connectivity index (χ3n) is 3.84. The number of aryl methyl sites for hydroxylation is 1. The summed E-state index contributed by atoms with van der Waals surface area (Å²) in [6.45, 7) is 2.12. The van der Waals surface area contributed by atoms with Crippen LogP contribution >= 0.6 is 0 Å². The first-order valence-electron chi connectivity index (χ1n) is 7.23. The fourth-order valence-corrected chi connectivity index (χ4v) is 2.49. The highest BCUT2D eigenvalue weighted by atomic mass is 16.7. The monoisotopic (exact) mass is 310 g/mol. The Hall–Kier alpha value is -1.79. The number of carbonyl (C=O) groups is 1. The summed E-state index contributed by atoms with van der Waals surface area (Å²) >= 11 is 0. The number of ether oxygens (including phenoxy) is 4. The molecule has 0 amide bonds. The lowest BCUT2D eigenvalue weighted by Gasteiger charge is -2.21. The van der Waals surface area contributed by atoms with Gasteiger partial charge < -0.3 is 24.1 Å². The van der Waals surface area contributed by atoms with Crippen molar-refractivity contribution in [1.82, 2.24) is 0 Å². The van der Waals surface area contributed by atoms with Gasteiger partial charge in [-0.05, 0) is 37.0 Å². The fraction of sp³-hybridized carbons (Fsp3) is 0.562. The average molecular weight is 310 g/mol. The van der Waals surface area contributed by atoms with Crippen LogP contribution in [-0.2, 0) is 26.1 Å². The van der Waals surface area contributed by atoms with Gasteiger partial charge in [0.15, 0.2) is 13.6 Å². The Morgan fingerprint density at radius 2 is 1.64 bits per heavy atom. The van der Waals surface area contributed by atoms with Gasteiger partial charge in [0.05, 0.1) is 5.56 Å². The van der Waals surface area contributed by atoms with Gasteiger partial charge in [-0.25, -0.2) is 0 Å². The van der Waals surface area contributed by atoms with Crippen LogP contribution in [-0.4, -0.2) is 38.9 Å². The van der Waals surface area contributed by atoms with Crippen LogP contribution in [0, 0.1) is 0 Å². The van der Waals surface area contributed by atoms with Crippen molar-refractivity contribution in [3.63, 3.8) is 0 Å². The van der Waals surface area contributed by atoms with Gasteiger partial charge in [0, 0.05) is 14.2 Å². The molecule has 0 bridgehead atoms. The SMILES string of the molecule is CCc1cc(OCOC)c(C2(C(=O)O)CC2)c(OCOC)c1. The maximum atomic E-state index is 11.7. The van der Waals surface area contributed by atoms with Gasteiger partial charge >= 0.3 is 5.97 Å². The summed E-state index contributed by atoms with van der Waals surface area (Å²) in [6, 6.07) is 3.72. The van der Waals surface area contributed by atoms with E-state index in [0.717, 1.165) is 12.0 Å². The number of benzene rings is 1. The molecule has 6 heteroatoms. The van der Waals surface area contributed by atoms with Crippen LogP contribution in [0.2, 0.25) is 0 Å². The molecule has 0 radical (unpaired) electrons. The molecule has 1 aliphatic rings. The molecule has 1 aliphatic carbocycles. The van der Waals surface area contributed by atoms with E-state index in [4.69, 9.17) is 18.9 Å². The average Bonchev–Trinajstić information content (AvgIpc) is 3.31. The van der Waals surface area contributed by atoms with Crippen LogP contribution in [0.3, 0.4) is 0 Å². The quantitative estimate of drug-likeness (QED) is 0.706. The first-order chi connectivity index (χ1) is 10.6. The molecule has 6 nitrogen and oxygen atoms in total. The van der Waals surface area contributed by atoms with E-state index in [2.05, 4.69) is 0 Å². The maximum absolute atomic E-state index is 11.7. The van der Waals surface area contributed by atoms with Crippen LogP contribution in [0.25, 0.3) is 0 Å². The molecule has 1 fully saturated rings. The van der Waals surface area contributed by atoms with E-state index in [1.54, 1.807) is 0 Å². The van der Waals surface area contributed by atoms with E-state index < -0.39 is 11.4 Å². The molecule has 0 aliphatic heterocycles. The van der Waals surface area contributed by atoms with Crippen molar-refractivity contribution in [2.24, 2.45) is 0 Å². The zero-order valence-corrected chi connectivity index (χ0v) is 13.2. The van der Waals surface area contributed by atoms with Crippen molar-refractivity contribution >= 4 is 5.97 Å². The molecule has 0 heterocycles. The highest BCUT2D eigenvalue weighted by Crippen LogP contribution is 2.55. The molecule has 0 aromatic heterocycles. The van der Waals surface area contributed by atoms with Gasteiger partial charge in [0.25, 0.3) is 0 Å². The second kappa shape index (κ2) is 6.98. The molecule has 0 saturated heterocycles. The minimum Gasteiger partial charge on any atom is -0.481 e. The van der Waals surface area contributed by atoms with Crippen molar-refractivity contribution in [2.75, 3.05) is 27.8 Å². The predicted molar refractivity (Wildman–Crippen MR) is 79.4 cm³/mol. The van der Waals surface area contributed by atoms with Crippen molar-refractivity contribution in [2.45, 2.75) is 31.6 Å². The van der Waals surface area contributed by atoms with Crippen LogP contribution in [0.4, 0.5) is 0 Å². The minimum atomic E-state index is -0.932. The highest BCUT2D eigenvalue weighted by molar-refractivity contribution is 5.87. The normalized spacial score (nSPS) is 15.4.